The van der Waals surface area contributed by atoms with Gasteiger partial charge in [-0.1, -0.05) is 42.1 Å². The number of hydrogen-bond donors (Lipinski definition) is 0. The molecule has 1 saturated carbocycles. The second-order valence-corrected chi connectivity index (χ2v) is 8.47. The average molecular weight is 387 g/mol. The minimum Gasteiger partial charge on any atom is -0.372 e. The predicted molar refractivity (Wildman–Crippen MR) is 105 cm³/mol. The van der Waals surface area contributed by atoms with Crippen LogP contribution in [0.1, 0.15) is 44.0 Å². The molecule has 0 unspecified atom stereocenters. The summed E-state index contributed by atoms with van der Waals surface area (Å²) < 4.78 is 7.91. The van der Waals surface area contributed by atoms with Gasteiger partial charge in [0.25, 0.3) is 0 Å². The number of thioether (sulfide) groups is 1. The van der Waals surface area contributed by atoms with Crippen molar-refractivity contribution in [3.05, 3.63) is 41.7 Å². The quantitative estimate of drug-likeness (QED) is 0.715. The normalized spacial score (nSPS) is 22.8. The van der Waals surface area contributed by atoms with Crippen molar-refractivity contribution in [2.24, 2.45) is 0 Å². The third-order valence-electron chi connectivity index (χ3n) is 4.97. The second kappa shape index (κ2) is 8.02. The van der Waals surface area contributed by atoms with Crippen LogP contribution < -0.4 is 0 Å². The maximum atomic E-state index is 12.7. The molecule has 0 bridgehead atoms. The summed E-state index contributed by atoms with van der Waals surface area (Å²) in [6.45, 7) is 6.10. The standard InChI is InChI=1S/C20H26N4O2S/c1-14-10-23(11-15(2)26-14)18(25)13-27-20-22-21-19(17-8-9-17)24(20)12-16-6-4-3-5-7-16/h3-7,14-15,17H,8-13H2,1-2H3/t14-,15-/m0/s1. The number of amides is 1. The number of rotatable bonds is 6. The van der Waals surface area contributed by atoms with E-state index in [0.29, 0.717) is 24.8 Å². The van der Waals surface area contributed by atoms with E-state index in [2.05, 4.69) is 26.9 Å². The van der Waals surface area contributed by atoms with Gasteiger partial charge in [-0.3, -0.25) is 4.79 Å². The molecule has 4 rings (SSSR count). The smallest absolute Gasteiger partial charge is 0.233 e. The van der Waals surface area contributed by atoms with Gasteiger partial charge in [0, 0.05) is 19.0 Å². The zero-order valence-electron chi connectivity index (χ0n) is 15.9. The van der Waals surface area contributed by atoms with Crippen molar-refractivity contribution in [2.45, 2.75) is 56.5 Å². The zero-order chi connectivity index (χ0) is 18.8. The number of morpholine rings is 1. The van der Waals surface area contributed by atoms with Gasteiger partial charge < -0.3 is 14.2 Å². The van der Waals surface area contributed by atoms with Crippen LogP contribution in [0.15, 0.2) is 35.5 Å². The number of aromatic nitrogens is 3. The van der Waals surface area contributed by atoms with Crippen molar-refractivity contribution in [1.82, 2.24) is 19.7 Å². The molecule has 1 saturated heterocycles. The SMILES string of the molecule is C[C@H]1CN(C(=O)CSc2nnc(C3CC3)n2Cc2ccccc2)C[C@H](C)O1. The van der Waals surface area contributed by atoms with Gasteiger partial charge in [-0.2, -0.15) is 0 Å². The molecule has 2 aromatic rings. The first kappa shape index (κ1) is 18.5. The summed E-state index contributed by atoms with van der Waals surface area (Å²) >= 11 is 1.49. The van der Waals surface area contributed by atoms with Crippen molar-refractivity contribution in [2.75, 3.05) is 18.8 Å². The number of hydrogen-bond acceptors (Lipinski definition) is 5. The maximum absolute atomic E-state index is 12.7. The Morgan fingerprint density at radius 2 is 1.85 bits per heavy atom. The highest BCUT2D eigenvalue weighted by atomic mass is 32.2. The lowest BCUT2D eigenvalue weighted by molar-refractivity contribution is -0.140. The monoisotopic (exact) mass is 386 g/mol. The zero-order valence-corrected chi connectivity index (χ0v) is 16.7. The Morgan fingerprint density at radius 1 is 1.15 bits per heavy atom. The fourth-order valence-electron chi connectivity index (χ4n) is 3.56. The van der Waals surface area contributed by atoms with Crippen LogP contribution in [0.25, 0.3) is 0 Å². The fourth-order valence-corrected chi connectivity index (χ4v) is 4.41. The Morgan fingerprint density at radius 3 is 2.52 bits per heavy atom. The lowest BCUT2D eigenvalue weighted by atomic mass is 10.2. The largest absolute Gasteiger partial charge is 0.372 e. The van der Waals surface area contributed by atoms with Gasteiger partial charge in [0.2, 0.25) is 5.91 Å². The molecule has 1 aliphatic carbocycles. The Hall–Kier alpha value is -1.86. The number of nitrogens with zero attached hydrogens (tertiary/aromatic N) is 4. The van der Waals surface area contributed by atoms with Crippen molar-refractivity contribution in [3.8, 4) is 0 Å². The molecular formula is C20H26N4O2S. The summed E-state index contributed by atoms with van der Waals surface area (Å²) in [4.78, 5) is 14.6. The van der Waals surface area contributed by atoms with E-state index in [4.69, 9.17) is 4.74 Å². The molecule has 1 amide bonds. The van der Waals surface area contributed by atoms with E-state index in [-0.39, 0.29) is 18.1 Å². The number of carbonyl (C=O) groups is 1. The molecule has 7 heteroatoms. The van der Waals surface area contributed by atoms with Gasteiger partial charge in [0.15, 0.2) is 5.16 Å². The average Bonchev–Trinajstić information content (AvgIpc) is 3.42. The van der Waals surface area contributed by atoms with E-state index in [9.17, 15) is 4.79 Å². The van der Waals surface area contributed by atoms with Gasteiger partial charge in [-0.25, -0.2) is 0 Å². The topological polar surface area (TPSA) is 60.2 Å². The lowest BCUT2D eigenvalue weighted by Crippen LogP contribution is -2.48. The first-order chi connectivity index (χ1) is 13.1. The Labute approximate surface area is 164 Å². The van der Waals surface area contributed by atoms with Crippen LogP contribution in [0, 0.1) is 0 Å². The molecule has 2 aliphatic rings. The maximum Gasteiger partial charge on any atom is 0.233 e. The van der Waals surface area contributed by atoms with Gasteiger partial charge >= 0.3 is 0 Å². The van der Waals surface area contributed by atoms with Crippen molar-refractivity contribution >= 4 is 17.7 Å². The molecule has 27 heavy (non-hydrogen) atoms. The first-order valence-corrected chi connectivity index (χ1v) is 10.6. The van der Waals surface area contributed by atoms with Crippen LogP contribution in [0.3, 0.4) is 0 Å². The molecule has 144 valence electrons. The van der Waals surface area contributed by atoms with Crippen LogP contribution in [-0.4, -0.2) is 56.6 Å². The number of benzene rings is 1. The number of ether oxygens (including phenoxy) is 1. The highest BCUT2D eigenvalue weighted by Crippen LogP contribution is 2.40. The van der Waals surface area contributed by atoms with Crippen LogP contribution >= 0.6 is 11.8 Å². The molecule has 6 nitrogen and oxygen atoms in total. The molecule has 1 aliphatic heterocycles. The Balaban J connectivity index is 1.45. The predicted octanol–water partition coefficient (Wildman–Crippen LogP) is 2.93. The van der Waals surface area contributed by atoms with E-state index in [0.717, 1.165) is 17.5 Å². The van der Waals surface area contributed by atoms with Crippen LogP contribution in [0.4, 0.5) is 0 Å². The summed E-state index contributed by atoms with van der Waals surface area (Å²) in [5, 5.41) is 9.67. The third kappa shape index (κ3) is 4.52. The molecular weight excluding hydrogens is 360 g/mol. The molecule has 0 spiro atoms. The van der Waals surface area contributed by atoms with Crippen LogP contribution in [-0.2, 0) is 16.1 Å². The van der Waals surface area contributed by atoms with Gasteiger partial charge in [-0.15, -0.1) is 10.2 Å². The number of carbonyl (C=O) groups excluding carboxylic acids is 1. The third-order valence-corrected chi connectivity index (χ3v) is 5.92. The second-order valence-electron chi connectivity index (χ2n) is 7.53. The summed E-state index contributed by atoms with van der Waals surface area (Å²) in [7, 11) is 0. The molecule has 0 radical (unpaired) electrons. The van der Waals surface area contributed by atoms with Crippen molar-refractivity contribution in [1.29, 1.82) is 0 Å². The lowest BCUT2D eigenvalue weighted by Gasteiger charge is -2.35. The molecule has 2 atom stereocenters. The van der Waals surface area contributed by atoms with Gasteiger partial charge in [0.1, 0.15) is 5.82 Å². The van der Waals surface area contributed by atoms with Crippen LogP contribution in [0.2, 0.25) is 0 Å². The fraction of sp³-hybridized carbons (Fsp3) is 0.550. The van der Waals surface area contributed by atoms with E-state index >= 15 is 0 Å². The summed E-state index contributed by atoms with van der Waals surface area (Å²) in [5.41, 5.74) is 1.23. The highest BCUT2D eigenvalue weighted by molar-refractivity contribution is 7.99. The molecule has 1 aromatic carbocycles. The van der Waals surface area contributed by atoms with Crippen molar-refractivity contribution < 1.29 is 9.53 Å². The van der Waals surface area contributed by atoms with E-state index in [1.807, 2.05) is 36.9 Å². The summed E-state index contributed by atoms with van der Waals surface area (Å²) in [6.07, 6.45) is 2.54. The van der Waals surface area contributed by atoms with Gasteiger partial charge in [0.05, 0.1) is 24.5 Å². The summed E-state index contributed by atoms with van der Waals surface area (Å²) in [6, 6.07) is 10.4. The van der Waals surface area contributed by atoms with Crippen LogP contribution in [0.5, 0.6) is 0 Å². The minimum atomic E-state index is 0.0888. The Bertz CT molecular complexity index is 781. The molecule has 2 heterocycles. The Kier molecular flexibility index (Phi) is 5.50. The van der Waals surface area contributed by atoms with Gasteiger partial charge in [-0.05, 0) is 32.3 Å². The molecule has 2 fully saturated rings. The van der Waals surface area contributed by atoms with E-state index in [1.54, 1.807) is 0 Å². The van der Waals surface area contributed by atoms with Crippen molar-refractivity contribution in [3.63, 3.8) is 0 Å². The van der Waals surface area contributed by atoms with E-state index in [1.165, 1.54) is 30.2 Å². The first-order valence-electron chi connectivity index (χ1n) is 9.63. The molecule has 1 aromatic heterocycles. The van der Waals surface area contributed by atoms with E-state index < -0.39 is 0 Å². The summed E-state index contributed by atoms with van der Waals surface area (Å²) in [5.74, 6) is 2.11. The molecule has 0 N–H and O–H groups in total. The minimum absolute atomic E-state index is 0.0888. The highest BCUT2D eigenvalue weighted by Gasteiger charge is 2.31.